The van der Waals surface area contributed by atoms with Gasteiger partial charge in [-0.05, 0) is 6.07 Å². The topological polar surface area (TPSA) is 62.4 Å². The summed E-state index contributed by atoms with van der Waals surface area (Å²) in [5.41, 5.74) is 6.24. The Kier molecular flexibility index (Phi) is 6.17. The number of carbonyl (C=O) groups is 1. The average Bonchev–Trinajstić information content (AvgIpc) is 2.92. The SMILES string of the molecule is O=C(CCOCC(F)F)NC1CNNC1c1ccccc1F. The third kappa shape index (κ3) is 4.69. The highest BCUT2D eigenvalue weighted by atomic mass is 19.3. The molecule has 1 aliphatic heterocycles. The van der Waals surface area contributed by atoms with Gasteiger partial charge >= 0.3 is 0 Å². The van der Waals surface area contributed by atoms with Crippen LogP contribution >= 0.6 is 0 Å². The van der Waals surface area contributed by atoms with Crippen LogP contribution in [0.25, 0.3) is 0 Å². The molecule has 0 bridgehead atoms. The smallest absolute Gasteiger partial charge is 0.261 e. The second kappa shape index (κ2) is 8.11. The van der Waals surface area contributed by atoms with Crippen LogP contribution in [0, 0.1) is 5.82 Å². The Morgan fingerprint density at radius 2 is 2.18 bits per heavy atom. The van der Waals surface area contributed by atoms with Crippen LogP contribution in [0.5, 0.6) is 0 Å². The molecule has 0 aliphatic carbocycles. The predicted molar refractivity (Wildman–Crippen MR) is 73.7 cm³/mol. The summed E-state index contributed by atoms with van der Waals surface area (Å²) in [6, 6.07) is 5.58. The summed E-state index contributed by atoms with van der Waals surface area (Å²) in [7, 11) is 0. The number of hydrogen-bond donors (Lipinski definition) is 3. The monoisotopic (exact) mass is 317 g/mol. The van der Waals surface area contributed by atoms with E-state index >= 15 is 0 Å². The van der Waals surface area contributed by atoms with Crippen molar-refractivity contribution in [2.45, 2.75) is 24.9 Å². The maximum absolute atomic E-state index is 13.8. The lowest BCUT2D eigenvalue weighted by Gasteiger charge is -2.20. The minimum absolute atomic E-state index is 0.0206. The summed E-state index contributed by atoms with van der Waals surface area (Å²) in [5, 5.41) is 2.74. The average molecular weight is 317 g/mol. The maximum atomic E-state index is 13.8. The van der Waals surface area contributed by atoms with E-state index in [4.69, 9.17) is 0 Å². The summed E-state index contributed by atoms with van der Waals surface area (Å²) >= 11 is 0. The van der Waals surface area contributed by atoms with E-state index in [0.29, 0.717) is 12.1 Å². The predicted octanol–water partition coefficient (Wildman–Crippen LogP) is 1.13. The number of hydrogen-bond acceptors (Lipinski definition) is 4. The van der Waals surface area contributed by atoms with Crippen molar-refractivity contribution in [2.24, 2.45) is 0 Å². The molecule has 122 valence electrons. The molecule has 2 atom stereocenters. The Balaban J connectivity index is 1.84. The lowest BCUT2D eigenvalue weighted by Crippen LogP contribution is -2.40. The van der Waals surface area contributed by atoms with Crippen molar-refractivity contribution in [3.05, 3.63) is 35.6 Å². The van der Waals surface area contributed by atoms with Gasteiger partial charge in [-0.2, -0.15) is 0 Å². The summed E-state index contributed by atoms with van der Waals surface area (Å²) in [4.78, 5) is 11.8. The molecule has 0 radical (unpaired) electrons. The van der Waals surface area contributed by atoms with E-state index in [9.17, 15) is 18.0 Å². The minimum Gasteiger partial charge on any atom is -0.375 e. The van der Waals surface area contributed by atoms with Gasteiger partial charge in [-0.3, -0.25) is 10.2 Å². The molecule has 2 rings (SSSR count). The number of hydrazine groups is 1. The van der Waals surface area contributed by atoms with Crippen molar-refractivity contribution in [1.82, 2.24) is 16.2 Å². The molecule has 1 aromatic rings. The fraction of sp³-hybridized carbons (Fsp3) is 0.500. The molecule has 22 heavy (non-hydrogen) atoms. The van der Waals surface area contributed by atoms with Crippen molar-refractivity contribution < 1.29 is 22.7 Å². The first-order valence-corrected chi connectivity index (χ1v) is 6.96. The zero-order valence-corrected chi connectivity index (χ0v) is 11.8. The summed E-state index contributed by atoms with van der Waals surface area (Å²) in [5.74, 6) is -0.686. The normalized spacial score (nSPS) is 21.3. The molecule has 1 amide bonds. The summed E-state index contributed by atoms with van der Waals surface area (Å²) in [6.07, 6.45) is -2.57. The van der Waals surface area contributed by atoms with E-state index in [1.807, 2.05) is 0 Å². The van der Waals surface area contributed by atoms with Gasteiger partial charge in [-0.15, -0.1) is 0 Å². The number of carbonyl (C=O) groups excluding carboxylic acids is 1. The molecule has 0 spiro atoms. The van der Waals surface area contributed by atoms with Crippen LogP contribution in [0.15, 0.2) is 24.3 Å². The Labute approximate surface area is 126 Å². The van der Waals surface area contributed by atoms with Crippen molar-refractivity contribution in [2.75, 3.05) is 19.8 Å². The third-order valence-electron chi connectivity index (χ3n) is 3.29. The van der Waals surface area contributed by atoms with E-state index in [1.54, 1.807) is 18.2 Å². The Hall–Kier alpha value is -1.64. The standard InChI is InChI=1S/C14H18F3N3O2/c15-10-4-2-1-3-9(10)14-11(7-18-20-14)19-13(21)5-6-22-8-12(16)17/h1-4,11-12,14,18,20H,5-8H2,(H,19,21). The molecule has 3 N–H and O–H groups in total. The van der Waals surface area contributed by atoms with E-state index in [0.717, 1.165) is 0 Å². The van der Waals surface area contributed by atoms with Crippen LogP contribution in [0.1, 0.15) is 18.0 Å². The molecule has 1 aliphatic rings. The number of nitrogens with one attached hydrogen (secondary N) is 3. The fourth-order valence-corrected chi connectivity index (χ4v) is 2.27. The molecule has 8 heteroatoms. The lowest BCUT2D eigenvalue weighted by molar-refractivity contribution is -0.123. The van der Waals surface area contributed by atoms with Gasteiger partial charge in [-0.25, -0.2) is 18.6 Å². The highest BCUT2D eigenvalue weighted by Gasteiger charge is 2.31. The second-order valence-corrected chi connectivity index (χ2v) is 4.91. The van der Waals surface area contributed by atoms with Crippen LogP contribution in [0.3, 0.4) is 0 Å². The van der Waals surface area contributed by atoms with Crippen LogP contribution in [0.2, 0.25) is 0 Å². The Morgan fingerprint density at radius 3 is 2.91 bits per heavy atom. The zero-order chi connectivity index (χ0) is 15.9. The highest BCUT2D eigenvalue weighted by Crippen LogP contribution is 2.22. The lowest BCUT2D eigenvalue weighted by atomic mass is 10.0. The van der Waals surface area contributed by atoms with E-state index in [1.165, 1.54) is 6.07 Å². The van der Waals surface area contributed by atoms with E-state index < -0.39 is 19.1 Å². The van der Waals surface area contributed by atoms with Gasteiger partial charge in [0.05, 0.1) is 18.7 Å². The molecular weight excluding hydrogens is 299 g/mol. The first-order chi connectivity index (χ1) is 10.6. The molecule has 1 aromatic carbocycles. The van der Waals surface area contributed by atoms with E-state index in [-0.39, 0.29) is 30.8 Å². The number of benzene rings is 1. The number of ether oxygens (including phenoxy) is 1. The van der Waals surface area contributed by atoms with Crippen molar-refractivity contribution in [3.63, 3.8) is 0 Å². The minimum atomic E-state index is -2.54. The van der Waals surface area contributed by atoms with Gasteiger partial charge < -0.3 is 10.1 Å². The molecule has 0 aromatic heterocycles. The molecular formula is C14H18F3N3O2. The molecule has 2 unspecified atom stereocenters. The van der Waals surface area contributed by atoms with Gasteiger partial charge in [-0.1, -0.05) is 18.2 Å². The quantitative estimate of drug-likeness (QED) is 0.660. The van der Waals surface area contributed by atoms with Crippen molar-refractivity contribution >= 4 is 5.91 Å². The molecule has 1 heterocycles. The number of halogens is 3. The summed E-state index contributed by atoms with van der Waals surface area (Å²) < 4.78 is 42.2. The third-order valence-corrected chi connectivity index (χ3v) is 3.29. The van der Waals surface area contributed by atoms with Crippen molar-refractivity contribution in [3.8, 4) is 0 Å². The Bertz CT molecular complexity index is 502. The van der Waals surface area contributed by atoms with Crippen LogP contribution in [-0.4, -0.2) is 38.1 Å². The van der Waals surface area contributed by atoms with Gasteiger partial charge in [0.1, 0.15) is 12.4 Å². The summed E-state index contributed by atoms with van der Waals surface area (Å²) in [6.45, 7) is -0.325. The van der Waals surface area contributed by atoms with Crippen LogP contribution < -0.4 is 16.2 Å². The maximum Gasteiger partial charge on any atom is 0.261 e. The molecule has 1 fully saturated rings. The molecule has 0 saturated carbocycles. The number of amides is 1. The van der Waals surface area contributed by atoms with Gasteiger partial charge in [0.2, 0.25) is 5.91 Å². The van der Waals surface area contributed by atoms with Crippen LogP contribution in [-0.2, 0) is 9.53 Å². The number of alkyl halides is 2. The first-order valence-electron chi connectivity index (χ1n) is 6.96. The van der Waals surface area contributed by atoms with Gasteiger partial charge in [0, 0.05) is 18.5 Å². The fourth-order valence-electron chi connectivity index (χ4n) is 2.27. The van der Waals surface area contributed by atoms with Crippen LogP contribution in [0.4, 0.5) is 13.2 Å². The highest BCUT2D eigenvalue weighted by molar-refractivity contribution is 5.76. The second-order valence-electron chi connectivity index (χ2n) is 4.91. The largest absolute Gasteiger partial charge is 0.375 e. The zero-order valence-electron chi connectivity index (χ0n) is 11.8. The first kappa shape index (κ1) is 16.7. The van der Waals surface area contributed by atoms with Crippen molar-refractivity contribution in [1.29, 1.82) is 0 Å². The van der Waals surface area contributed by atoms with Gasteiger partial charge in [0.25, 0.3) is 6.43 Å². The molecule has 1 saturated heterocycles. The molecule has 5 nitrogen and oxygen atoms in total. The van der Waals surface area contributed by atoms with E-state index in [2.05, 4.69) is 20.9 Å². The number of rotatable bonds is 7. The van der Waals surface area contributed by atoms with Gasteiger partial charge in [0.15, 0.2) is 0 Å². The Morgan fingerprint density at radius 1 is 1.41 bits per heavy atom.